The van der Waals surface area contributed by atoms with E-state index >= 15 is 0 Å². The highest BCUT2D eigenvalue weighted by molar-refractivity contribution is 6.32. The van der Waals surface area contributed by atoms with Gasteiger partial charge >= 0.3 is 0 Å². The largest absolute Gasteiger partial charge is 0.482 e. The molecule has 0 aliphatic carbocycles. The summed E-state index contributed by atoms with van der Waals surface area (Å²) in [6, 6.07) is 8.20. The zero-order valence-corrected chi connectivity index (χ0v) is 18.8. The first-order chi connectivity index (χ1) is 15.9. The molecule has 2 N–H and O–H groups in total. The minimum atomic E-state index is -0.661. The van der Waals surface area contributed by atoms with Crippen LogP contribution in [0.3, 0.4) is 0 Å². The Morgan fingerprint density at radius 2 is 2.03 bits per heavy atom. The smallest absolute Gasteiger partial charge is 0.260 e. The minimum absolute atomic E-state index is 0.295. The molecule has 0 atom stereocenters. The Hall–Kier alpha value is -3.23. The first-order valence-corrected chi connectivity index (χ1v) is 11.2. The van der Waals surface area contributed by atoms with Crippen LogP contribution in [0.1, 0.15) is 25.0 Å². The van der Waals surface area contributed by atoms with E-state index in [4.69, 9.17) is 9.47 Å². The third-order valence-electron chi connectivity index (χ3n) is 6.17. The Labute approximate surface area is 192 Å². The number of carbonyl (C=O) groups is 1. The van der Waals surface area contributed by atoms with E-state index in [1.165, 1.54) is 12.1 Å². The lowest BCUT2D eigenvalue weighted by molar-refractivity contribution is -0.111. The molecule has 1 aromatic carbocycles. The number of rotatable bonds is 5. The first kappa shape index (κ1) is 21.6. The van der Waals surface area contributed by atoms with Gasteiger partial charge < -0.3 is 20.1 Å². The second kappa shape index (κ2) is 8.61. The summed E-state index contributed by atoms with van der Waals surface area (Å²) in [7, 11) is 0. The number of ether oxygens (including phenoxy) is 2. The van der Waals surface area contributed by atoms with Gasteiger partial charge in [0.05, 0.1) is 18.8 Å². The number of halogens is 1. The molecule has 3 aliphatic heterocycles. The quantitative estimate of drug-likeness (QED) is 0.679. The summed E-state index contributed by atoms with van der Waals surface area (Å²) >= 11 is 0. The maximum Gasteiger partial charge on any atom is 0.260 e. The topological polar surface area (TPSA) is 75.7 Å². The highest BCUT2D eigenvalue weighted by atomic mass is 19.1. The average molecular weight is 451 g/mol. The summed E-state index contributed by atoms with van der Waals surface area (Å²) in [5, 5.41) is 6.14. The van der Waals surface area contributed by atoms with Gasteiger partial charge in [0.1, 0.15) is 23.0 Å². The molecule has 8 heteroatoms. The lowest BCUT2D eigenvalue weighted by Gasteiger charge is -2.26. The summed E-state index contributed by atoms with van der Waals surface area (Å²) in [5.74, 6) is 0.551. The number of hydrogen-bond acceptors (Lipinski definition) is 6. The van der Waals surface area contributed by atoms with Crippen molar-refractivity contribution in [1.29, 1.82) is 0 Å². The lowest BCUT2D eigenvalue weighted by Crippen LogP contribution is -2.39. The molecule has 0 unspecified atom stereocenters. The van der Waals surface area contributed by atoms with Crippen LogP contribution >= 0.6 is 0 Å². The van der Waals surface area contributed by atoms with Crippen LogP contribution < -0.4 is 10.6 Å². The molecule has 7 nitrogen and oxygen atoms in total. The second-order valence-electron chi connectivity index (χ2n) is 8.87. The van der Waals surface area contributed by atoms with Gasteiger partial charge in [0, 0.05) is 54.8 Å². The normalized spacial score (nSPS) is 21.9. The fraction of sp³-hybridized carbons (Fsp3) is 0.360. The van der Waals surface area contributed by atoms with Gasteiger partial charge in [-0.3, -0.25) is 9.69 Å². The van der Waals surface area contributed by atoms with E-state index in [2.05, 4.69) is 20.5 Å². The van der Waals surface area contributed by atoms with Gasteiger partial charge in [0.2, 0.25) is 0 Å². The summed E-state index contributed by atoms with van der Waals surface area (Å²) in [6.45, 7) is 9.15. The van der Waals surface area contributed by atoms with Crippen molar-refractivity contribution in [2.75, 3.05) is 50.0 Å². The van der Waals surface area contributed by atoms with Gasteiger partial charge in [-0.15, -0.1) is 0 Å². The molecule has 172 valence electrons. The van der Waals surface area contributed by atoms with Crippen LogP contribution in [-0.4, -0.2) is 60.8 Å². The predicted molar refractivity (Wildman–Crippen MR) is 125 cm³/mol. The number of amides is 1. The Morgan fingerprint density at radius 3 is 2.79 bits per heavy atom. The number of nitrogens with one attached hydrogen (secondary N) is 2. The number of fused-ring (bicyclic) bond motifs is 1. The molecular formula is C25H27FN4O3. The molecule has 33 heavy (non-hydrogen) atoms. The SMILES string of the molecule is CC1(C)O/C(=C2/C(=O)Nc3ccc(F)cc32)C=C1c1ccc(NCCN2CCOCC2)nc1. The van der Waals surface area contributed by atoms with Crippen LogP contribution in [0.25, 0.3) is 11.1 Å². The van der Waals surface area contributed by atoms with Crippen molar-refractivity contribution in [1.82, 2.24) is 9.88 Å². The molecule has 0 bridgehead atoms. The van der Waals surface area contributed by atoms with Gasteiger partial charge in [-0.1, -0.05) is 0 Å². The summed E-state index contributed by atoms with van der Waals surface area (Å²) in [5.41, 5.74) is 2.61. The van der Waals surface area contributed by atoms with E-state index in [9.17, 15) is 9.18 Å². The summed E-state index contributed by atoms with van der Waals surface area (Å²) in [6.07, 6.45) is 3.67. The number of pyridine rings is 1. The van der Waals surface area contributed by atoms with E-state index in [0.717, 1.165) is 56.3 Å². The van der Waals surface area contributed by atoms with Gasteiger partial charge in [-0.05, 0) is 50.3 Å². The molecule has 1 fully saturated rings. The second-order valence-corrected chi connectivity index (χ2v) is 8.87. The molecule has 0 radical (unpaired) electrons. The lowest BCUT2D eigenvalue weighted by atomic mass is 9.93. The van der Waals surface area contributed by atoms with E-state index in [1.807, 2.05) is 38.3 Å². The zero-order valence-electron chi connectivity index (χ0n) is 18.8. The molecule has 1 saturated heterocycles. The number of allylic oxidation sites excluding steroid dienone is 1. The van der Waals surface area contributed by atoms with E-state index in [-0.39, 0.29) is 5.91 Å². The monoisotopic (exact) mass is 450 g/mol. The number of morpholine rings is 1. The highest BCUT2D eigenvalue weighted by Gasteiger charge is 2.38. The van der Waals surface area contributed by atoms with Crippen LogP contribution in [0.4, 0.5) is 15.9 Å². The van der Waals surface area contributed by atoms with Gasteiger partial charge in [-0.25, -0.2) is 9.37 Å². The van der Waals surface area contributed by atoms with Crippen molar-refractivity contribution in [2.24, 2.45) is 0 Å². The third kappa shape index (κ3) is 4.36. The van der Waals surface area contributed by atoms with Gasteiger partial charge in [0.25, 0.3) is 5.91 Å². The van der Waals surface area contributed by atoms with Crippen molar-refractivity contribution < 1.29 is 18.7 Å². The first-order valence-electron chi connectivity index (χ1n) is 11.2. The van der Waals surface area contributed by atoms with Crippen molar-refractivity contribution in [3.05, 3.63) is 65.3 Å². The van der Waals surface area contributed by atoms with Crippen molar-refractivity contribution in [3.63, 3.8) is 0 Å². The van der Waals surface area contributed by atoms with E-state index in [0.29, 0.717) is 22.6 Å². The van der Waals surface area contributed by atoms with Crippen LogP contribution in [0.2, 0.25) is 0 Å². The van der Waals surface area contributed by atoms with Gasteiger partial charge in [0.15, 0.2) is 0 Å². The van der Waals surface area contributed by atoms with Crippen molar-refractivity contribution in [3.8, 4) is 0 Å². The zero-order chi connectivity index (χ0) is 23.0. The average Bonchev–Trinajstić information content (AvgIpc) is 3.29. The fourth-order valence-electron chi connectivity index (χ4n) is 4.43. The standard InChI is InChI=1S/C25H27FN4O3/c1-25(2)19(14-21(33-25)23-18-13-17(26)4-5-20(18)29-24(23)31)16-3-6-22(28-15-16)27-7-8-30-9-11-32-12-10-30/h3-6,13-15H,7-12H2,1-2H3,(H,27,28)(H,29,31)/b23-21+. The maximum absolute atomic E-state index is 13.8. The molecule has 4 heterocycles. The third-order valence-corrected chi connectivity index (χ3v) is 6.17. The Balaban J connectivity index is 1.35. The Bertz CT molecular complexity index is 1130. The number of nitrogens with zero attached hydrogens (tertiary/aromatic N) is 2. The molecular weight excluding hydrogens is 423 g/mol. The minimum Gasteiger partial charge on any atom is -0.482 e. The van der Waals surface area contributed by atoms with Crippen LogP contribution in [0.15, 0.2) is 48.4 Å². The van der Waals surface area contributed by atoms with Crippen LogP contribution in [0, 0.1) is 5.82 Å². The molecule has 0 spiro atoms. The number of benzene rings is 1. The maximum atomic E-state index is 13.8. The predicted octanol–water partition coefficient (Wildman–Crippen LogP) is 3.52. The molecule has 1 amide bonds. The fourth-order valence-corrected chi connectivity index (χ4v) is 4.43. The van der Waals surface area contributed by atoms with E-state index < -0.39 is 11.4 Å². The molecule has 5 rings (SSSR count). The Kier molecular flexibility index (Phi) is 5.64. The highest BCUT2D eigenvalue weighted by Crippen LogP contribution is 2.44. The van der Waals surface area contributed by atoms with Crippen LogP contribution in [-0.2, 0) is 14.3 Å². The molecule has 0 saturated carbocycles. The number of carbonyl (C=O) groups excluding carboxylic acids is 1. The summed E-state index contributed by atoms with van der Waals surface area (Å²) < 4.78 is 25.4. The number of anilines is 2. The molecule has 3 aliphatic rings. The van der Waals surface area contributed by atoms with Crippen molar-refractivity contribution in [2.45, 2.75) is 19.4 Å². The number of hydrogen-bond donors (Lipinski definition) is 2. The number of aromatic nitrogens is 1. The molecule has 2 aromatic rings. The van der Waals surface area contributed by atoms with Gasteiger partial charge in [-0.2, -0.15) is 0 Å². The Morgan fingerprint density at radius 1 is 1.21 bits per heavy atom. The van der Waals surface area contributed by atoms with Crippen molar-refractivity contribution >= 4 is 28.6 Å². The van der Waals surface area contributed by atoms with Crippen LogP contribution in [0.5, 0.6) is 0 Å². The molecule has 1 aromatic heterocycles. The van der Waals surface area contributed by atoms with E-state index in [1.54, 1.807) is 6.07 Å². The summed E-state index contributed by atoms with van der Waals surface area (Å²) in [4.78, 5) is 19.5.